The zero-order chi connectivity index (χ0) is 24.9. The SMILES string of the molecule is Cc1c(C)c2c(c(C)c1O)CCC(C)(C(=O)N1CCN(c3ccc(N)cc3)C3=CCCCC3C1)O2. The Labute approximate surface area is 208 Å². The number of carbonyl (C=O) groups is 1. The summed E-state index contributed by atoms with van der Waals surface area (Å²) in [7, 11) is 0. The van der Waals surface area contributed by atoms with Crippen molar-refractivity contribution in [3.05, 3.63) is 58.3 Å². The lowest BCUT2D eigenvalue weighted by Gasteiger charge is -2.40. The van der Waals surface area contributed by atoms with Crippen LogP contribution in [0.3, 0.4) is 0 Å². The smallest absolute Gasteiger partial charge is 0.266 e. The summed E-state index contributed by atoms with van der Waals surface area (Å²) >= 11 is 0. The second-order valence-electron chi connectivity index (χ2n) is 10.6. The van der Waals surface area contributed by atoms with Crippen molar-refractivity contribution in [2.24, 2.45) is 5.92 Å². The molecule has 0 saturated carbocycles. The first-order valence-electron chi connectivity index (χ1n) is 12.8. The van der Waals surface area contributed by atoms with Crippen molar-refractivity contribution < 1.29 is 14.6 Å². The van der Waals surface area contributed by atoms with Crippen LogP contribution in [0.15, 0.2) is 36.0 Å². The summed E-state index contributed by atoms with van der Waals surface area (Å²) in [6, 6.07) is 8.04. The predicted molar refractivity (Wildman–Crippen MR) is 140 cm³/mol. The van der Waals surface area contributed by atoms with Gasteiger partial charge in [-0.1, -0.05) is 6.08 Å². The minimum atomic E-state index is -0.914. The van der Waals surface area contributed by atoms with Gasteiger partial charge in [-0.15, -0.1) is 0 Å². The van der Waals surface area contributed by atoms with Crippen molar-refractivity contribution in [2.75, 3.05) is 30.3 Å². The molecule has 0 radical (unpaired) electrons. The van der Waals surface area contributed by atoms with Crippen molar-refractivity contribution in [2.45, 2.75) is 65.4 Å². The quantitative estimate of drug-likeness (QED) is 0.597. The number of aromatic hydroxyl groups is 1. The van der Waals surface area contributed by atoms with Gasteiger partial charge in [-0.25, -0.2) is 0 Å². The Hall–Kier alpha value is -3.15. The van der Waals surface area contributed by atoms with Crippen LogP contribution in [0.4, 0.5) is 11.4 Å². The Morgan fingerprint density at radius 3 is 2.60 bits per heavy atom. The number of hydrogen-bond acceptors (Lipinski definition) is 5. The first-order valence-corrected chi connectivity index (χ1v) is 12.8. The third-order valence-electron chi connectivity index (χ3n) is 8.34. The number of rotatable bonds is 2. The standard InChI is InChI=1S/C29H37N3O3/c1-18-19(2)27-24(20(3)26(18)33)13-14-29(4,35-27)28(34)31-15-16-32(23-11-9-22(30)10-12-23)25-8-6-5-7-21(25)17-31/h8-12,21,33H,5-7,13-17,30H2,1-4H3. The molecule has 1 saturated heterocycles. The highest BCUT2D eigenvalue weighted by Crippen LogP contribution is 2.44. The molecular weight excluding hydrogens is 438 g/mol. The van der Waals surface area contributed by atoms with Gasteiger partial charge in [-0.2, -0.15) is 0 Å². The Morgan fingerprint density at radius 2 is 1.86 bits per heavy atom. The number of nitrogens with two attached hydrogens (primary N) is 1. The number of allylic oxidation sites excluding steroid dienone is 1. The molecule has 186 valence electrons. The predicted octanol–water partition coefficient (Wildman–Crippen LogP) is 5.02. The first kappa shape index (κ1) is 23.6. The Morgan fingerprint density at radius 1 is 1.11 bits per heavy atom. The van der Waals surface area contributed by atoms with Crippen LogP contribution in [0.5, 0.6) is 11.5 Å². The van der Waals surface area contributed by atoms with Gasteiger partial charge in [0.25, 0.3) is 5.91 Å². The number of carbonyl (C=O) groups excluding carboxylic acids is 1. The van der Waals surface area contributed by atoms with E-state index in [9.17, 15) is 9.90 Å². The topological polar surface area (TPSA) is 79.0 Å². The summed E-state index contributed by atoms with van der Waals surface area (Å²) in [5.74, 6) is 1.49. The average molecular weight is 476 g/mol. The van der Waals surface area contributed by atoms with Gasteiger partial charge in [0.1, 0.15) is 11.5 Å². The number of hydrogen-bond donors (Lipinski definition) is 2. The number of phenolic OH excluding ortho intramolecular Hbond substituents is 1. The number of amides is 1. The normalized spacial score (nSPS) is 24.1. The van der Waals surface area contributed by atoms with E-state index >= 15 is 0 Å². The Balaban J connectivity index is 1.43. The van der Waals surface area contributed by atoms with E-state index in [1.807, 2.05) is 44.7 Å². The molecule has 35 heavy (non-hydrogen) atoms. The van der Waals surface area contributed by atoms with Crippen molar-refractivity contribution in [3.8, 4) is 11.5 Å². The Bertz CT molecular complexity index is 1190. The van der Waals surface area contributed by atoms with Crippen LogP contribution in [-0.2, 0) is 11.2 Å². The second-order valence-corrected chi connectivity index (χ2v) is 10.6. The van der Waals surface area contributed by atoms with E-state index in [0.29, 0.717) is 31.2 Å². The van der Waals surface area contributed by atoms with E-state index in [2.05, 4.69) is 23.1 Å². The molecule has 1 fully saturated rings. The van der Waals surface area contributed by atoms with Crippen molar-refractivity contribution in [1.29, 1.82) is 0 Å². The molecular formula is C29H37N3O3. The summed E-state index contributed by atoms with van der Waals surface area (Å²) in [6.45, 7) is 9.87. The van der Waals surface area contributed by atoms with Crippen LogP contribution in [0.25, 0.3) is 0 Å². The number of ether oxygens (including phenoxy) is 1. The van der Waals surface area contributed by atoms with E-state index < -0.39 is 5.60 Å². The summed E-state index contributed by atoms with van der Waals surface area (Å²) in [4.78, 5) is 18.4. The monoisotopic (exact) mass is 475 g/mol. The molecule has 3 N–H and O–H groups in total. The molecule has 3 aliphatic rings. The molecule has 1 aliphatic carbocycles. The summed E-state index contributed by atoms with van der Waals surface area (Å²) in [5.41, 5.74) is 11.9. The third-order valence-corrected chi connectivity index (χ3v) is 8.34. The van der Waals surface area contributed by atoms with Crippen LogP contribution < -0.4 is 15.4 Å². The van der Waals surface area contributed by atoms with Gasteiger partial charge in [0.05, 0.1) is 0 Å². The summed E-state index contributed by atoms with van der Waals surface area (Å²) in [6.07, 6.45) is 6.99. The van der Waals surface area contributed by atoms with E-state index in [0.717, 1.165) is 71.6 Å². The number of nitrogen functional groups attached to an aromatic ring is 1. The molecule has 0 spiro atoms. The number of anilines is 2. The van der Waals surface area contributed by atoms with Gasteiger partial charge in [-0.05, 0) is 94.3 Å². The third kappa shape index (κ3) is 4.03. The van der Waals surface area contributed by atoms with Gasteiger partial charge >= 0.3 is 0 Å². The molecule has 6 nitrogen and oxygen atoms in total. The largest absolute Gasteiger partial charge is 0.507 e. The number of nitrogens with zero attached hydrogens (tertiary/aromatic N) is 2. The van der Waals surface area contributed by atoms with Gasteiger partial charge in [0.2, 0.25) is 0 Å². The van der Waals surface area contributed by atoms with E-state index in [1.165, 1.54) is 5.70 Å². The fourth-order valence-electron chi connectivity index (χ4n) is 6.00. The zero-order valence-corrected chi connectivity index (χ0v) is 21.4. The van der Waals surface area contributed by atoms with Crippen molar-refractivity contribution in [3.63, 3.8) is 0 Å². The van der Waals surface area contributed by atoms with Crippen LogP contribution in [0, 0.1) is 26.7 Å². The van der Waals surface area contributed by atoms with E-state index in [-0.39, 0.29) is 5.91 Å². The molecule has 2 heterocycles. The summed E-state index contributed by atoms with van der Waals surface area (Å²) < 4.78 is 6.54. The van der Waals surface area contributed by atoms with Crippen molar-refractivity contribution in [1.82, 2.24) is 4.90 Å². The second kappa shape index (κ2) is 8.81. The zero-order valence-electron chi connectivity index (χ0n) is 21.4. The first-order chi connectivity index (χ1) is 16.7. The number of phenols is 1. The van der Waals surface area contributed by atoms with Crippen LogP contribution in [0.1, 0.15) is 54.9 Å². The molecule has 5 rings (SSSR count). The minimum Gasteiger partial charge on any atom is -0.507 e. The molecule has 2 aromatic rings. The van der Waals surface area contributed by atoms with Crippen LogP contribution >= 0.6 is 0 Å². The lowest BCUT2D eigenvalue weighted by atomic mass is 9.86. The lowest BCUT2D eigenvalue weighted by molar-refractivity contribution is -0.148. The highest BCUT2D eigenvalue weighted by atomic mass is 16.5. The summed E-state index contributed by atoms with van der Waals surface area (Å²) in [5, 5.41) is 10.5. The van der Waals surface area contributed by atoms with Crippen LogP contribution in [0.2, 0.25) is 0 Å². The highest BCUT2D eigenvalue weighted by molar-refractivity contribution is 5.86. The molecule has 2 aromatic carbocycles. The van der Waals surface area contributed by atoms with Gasteiger partial charge < -0.3 is 25.4 Å². The van der Waals surface area contributed by atoms with Gasteiger partial charge in [-0.3, -0.25) is 4.79 Å². The van der Waals surface area contributed by atoms with E-state index in [1.54, 1.807) is 0 Å². The molecule has 6 heteroatoms. The molecule has 1 amide bonds. The Kier molecular flexibility index (Phi) is 5.94. The fraction of sp³-hybridized carbons (Fsp3) is 0.483. The van der Waals surface area contributed by atoms with Gasteiger partial charge in [0, 0.05) is 54.6 Å². The maximum Gasteiger partial charge on any atom is 0.266 e. The molecule has 0 bridgehead atoms. The molecule has 2 aliphatic heterocycles. The molecule has 0 aromatic heterocycles. The van der Waals surface area contributed by atoms with Crippen LogP contribution in [-0.4, -0.2) is 41.1 Å². The number of fused-ring (bicyclic) bond motifs is 2. The molecule has 2 atom stereocenters. The lowest BCUT2D eigenvalue weighted by Crippen LogP contribution is -2.54. The number of benzene rings is 2. The minimum absolute atomic E-state index is 0.0648. The van der Waals surface area contributed by atoms with Crippen molar-refractivity contribution >= 4 is 17.3 Å². The maximum atomic E-state index is 14.0. The average Bonchev–Trinajstić information content (AvgIpc) is 3.06. The fourth-order valence-corrected chi connectivity index (χ4v) is 6.00. The van der Waals surface area contributed by atoms with E-state index in [4.69, 9.17) is 10.5 Å². The van der Waals surface area contributed by atoms with Gasteiger partial charge in [0.15, 0.2) is 5.60 Å². The maximum absolute atomic E-state index is 14.0. The highest BCUT2D eigenvalue weighted by Gasteiger charge is 2.44. The molecule has 2 unspecified atom stereocenters.